The fourth-order valence-electron chi connectivity index (χ4n) is 4.88. The summed E-state index contributed by atoms with van der Waals surface area (Å²) >= 11 is 0. The molecular weight excluding hydrogens is 540 g/mol. The van der Waals surface area contributed by atoms with Gasteiger partial charge in [0.05, 0.1) is 18.4 Å². The summed E-state index contributed by atoms with van der Waals surface area (Å²) in [5, 5.41) is 7.95. The predicted octanol–water partition coefficient (Wildman–Crippen LogP) is 7.08. The maximum Gasteiger partial charge on any atom is 0.309 e. The van der Waals surface area contributed by atoms with Crippen molar-refractivity contribution in [1.82, 2.24) is 9.78 Å². The normalized spacial score (nSPS) is 10.7. The van der Waals surface area contributed by atoms with Crippen molar-refractivity contribution in [1.29, 1.82) is 0 Å². The number of carbonyl (C=O) groups excluding carboxylic acids is 2. The Labute approximate surface area is 251 Å². The van der Waals surface area contributed by atoms with E-state index in [-0.39, 0.29) is 5.91 Å². The van der Waals surface area contributed by atoms with E-state index in [1.54, 1.807) is 36.1 Å². The molecule has 4 aromatic carbocycles. The summed E-state index contributed by atoms with van der Waals surface area (Å²) in [6.07, 6.45) is 0. The number of carbonyl (C=O) groups is 2. The van der Waals surface area contributed by atoms with Crippen LogP contribution in [0.1, 0.15) is 28.4 Å². The van der Waals surface area contributed by atoms with Gasteiger partial charge in [0.1, 0.15) is 11.4 Å². The van der Waals surface area contributed by atoms with Gasteiger partial charge in [-0.25, -0.2) is 0 Å². The van der Waals surface area contributed by atoms with Crippen molar-refractivity contribution in [3.05, 3.63) is 108 Å². The van der Waals surface area contributed by atoms with Gasteiger partial charge in [-0.15, -0.1) is 0 Å². The molecule has 1 aromatic heterocycles. The molecule has 0 aliphatic carbocycles. The van der Waals surface area contributed by atoms with Crippen molar-refractivity contribution < 1.29 is 19.1 Å². The van der Waals surface area contributed by atoms with Crippen molar-refractivity contribution in [2.45, 2.75) is 20.8 Å². The lowest BCUT2D eigenvalue weighted by molar-refractivity contribution is -0.132. The summed E-state index contributed by atoms with van der Waals surface area (Å²) in [6.45, 7) is 5.42. The molecule has 0 radical (unpaired) electrons. The summed E-state index contributed by atoms with van der Waals surface area (Å²) in [7, 11) is 5.56. The monoisotopic (exact) mass is 574 g/mol. The number of aryl methyl sites for hydroxylation is 2. The third kappa shape index (κ3) is 6.28. The number of rotatable bonds is 8. The third-order valence-corrected chi connectivity index (χ3v) is 7.10. The van der Waals surface area contributed by atoms with E-state index < -0.39 is 5.97 Å². The molecule has 8 heteroatoms. The number of methoxy groups -OCH3 is 1. The van der Waals surface area contributed by atoms with Gasteiger partial charge in [-0.1, -0.05) is 42.0 Å². The average Bonchev–Trinajstić information content (AvgIpc) is 3.35. The number of esters is 1. The molecule has 0 fully saturated rings. The zero-order valence-electron chi connectivity index (χ0n) is 25.1. The van der Waals surface area contributed by atoms with Crippen molar-refractivity contribution in [3.63, 3.8) is 0 Å². The molecule has 1 N–H and O–H groups in total. The Morgan fingerprint density at radius 3 is 2.07 bits per heavy atom. The fraction of sp³-hybridized carbons (Fsp3) is 0.171. The van der Waals surface area contributed by atoms with E-state index in [1.165, 1.54) is 6.92 Å². The molecule has 1 amide bonds. The maximum absolute atomic E-state index is 12.8. The number of nitrogens with one attached hydrogen (secondary N) is 1. The largest absolute Gasteiger partial charge is 0.497 e. The highest BCUT2D eigenvalue weighted by atomic mass is 16.5. The highest BCUT2D eigenvalue weighted by Gasteiger charge is 2.25. The quantitative estimate of drug-likeness (QED) is 0.200. The highest BCUT2D eigenvalue weighted by Crippen LogP contribution is 2.42. The third-order valence-electron chi connectivity index (χ3n) is 7.10. The summed E-state index contributed by atoms with van der Waals surface area (Å²) in [4.78, 5) is 27.3. The molecule has 43 heavy (non-hydrogen) atoms. The second kappa shape index (κ2) is 12.2. The Morgan fingerprint density at radius 1 is 0.837 bits per heavy atom. The first-order chi connectivity index (χ1) is 20.6. The van der Waals surface area contributed by atoms with E-state index in [1.807, 2.05) is 93.5 Å². The van der Waals surface area contributed by atoms with Crippen LogP contribution in [0.25, 0.3) is 28.1 Å². The molecule has 1 heterocycles. The number of aromatic nitrogens is 2. The minimum absolute atomic E-state index is 0.236. The molecule has 0 saturated carbocycles. The van der Waals surface area contributed by atoms with Gasteiger partial charge in [-0.2, -0.15) is 9.78 Å². The Balaban J connectivity index is 1.60. The van der Waals surface area contributed by atoms with Crippen LogP contribution in [-0.2, 0) is 4.79 Å². The highest BCUT2D eigenvalue weighted by molar-refractivity contribution is 6.04. The molecule has 8 nitrogen and oxygen atoms in total. The van der Waals surface area contributed by atoms with E-state index in [4.69, 9.17) is 14.6 Å². The average molecular weight is 575 g/mol. The Morgan fingerprint density at radius 2 is 1.49 bits per heavy atom. The summed E-state index contributed by atoms with van der Waals surface area (Å²) in [5.41, 5.74) is 8.09. The van der Waals surface area contributed by atoms with Gasteiger partial charge in [0.2, 0.25) is 5.88 Å². The topological polar surface area (TPSA) is 85.7 Å². The van der Waals surface area contributed by atoms with Crippen LogP contribution in [0.5, 0.6) is 11.6 Å². The number of ether oxygens (including phenoxy) is 2. The van der Waals surface area contributed by atoms with Gasteiger partial charge in [0, 0.05) is 43.5 Å². The zero-order valence-corrected chi connectivity index (χ0v) is 25.1. The minimum Gasteiger partial charge on any atom is -0.497 e. The lowest BCUT2D eigenvalue weighted by Crippen LogP contribution is -2.11. The number of hydrogen-bond donors (Lipinski definition) is 1. The van der Waals surface area contributed by atoms with Crippen molar-refractivity contribution in [2.75, 3.05) is 31.4 Å². The SMILES string of the molecule is COc1ccc(C(=O)Nc2ccc(-c3c(-c4ccc(N(C)C)cc4)nn(-c4ccc(C)cc4C)c3OC(C)=O)cc2)cc1. The first-order valence-electron chi connectivity index (χ1n) is 13.9. The first-order valence-corrected chi connectivity index (χ1v) is 13.9. The number of hydrogen-bond acceptors (Lipinski definition) is 6. The second-order valence-corrected chi connectivity index (χ2v) is 10.5. The van der Waals surface area contributed by atoms with Gasteiger partial charge in [0.15, 0.2) is 0 Å². The first kappa shape index (κ1) is 29.1. The second-order valence-electron chi connectivity index (χ2n) is 10.5. The smallest absolute Gasteiger partial charge is 0.309 e. The van der Waals surface area contributed by atoms with E-state index in [9.17, 15) is 9.59 Å². The van der Waals surface area contributed by atoms with Gasteiger partial charge in [-0.3, -0.25) is 9.59 Å². The fourth-order valence-corrected chi connectivity index (χ4v) is 4.88. The molecule has 0 bridgehead atoms. The summed E-state index contributed by atoms with van der Waals surface area (Å²) in [6, 6.07) is 28.5. The number of benzene rings is 4. The van der Waals surface area contributed by atoms with Crippen LogP contribution < -0.4 is 19.7 Å². The maximum atomic E-state index is 12.8. The Kier molecular flexibility index (Phi) is 8.29. The van der Waals surface area contributed by atoms with Crippen LogP contribution in [0.4, 0.5) is 11.4 Å². The molecule has 0 unspecified atom stereocenters. The zero-order chi connectivity index (χ0) is 30.7. The lowest BCUT2D eigenvalue weighted by Gasteiger charge is -2.13. The van der Waals surface area contributed by atoms with Gasteiger partial charge in [0.25, 0.3) is 5.91 Å². The standard InChI is InChI=1S/C35H34N4O4/c1-22-7-20-31(23(2)21-22)39-35(43-24(3)40)32(33(37-39)26-10-16-29(17-11-26)38(4)5)25-8-14-28(15-9-25)36-34(41)27-12-18-30(42-6)19-13-27/h7-21H,1-6H3,(H,36,41). The van der Waals surface area contributed by atoms with E-state index in [2.05, 4.69) is 11.4 Å². The predicted molar refractivity (Wildman–Crippen MR) is 170 cm³/mol. The molecule has 0 atom stereocenters. The Hall–Kier alpha value is -5.37. The number of nitrogens with zero attached hydrogens (tertiary/aromatic N) is 3. The van der Waals surface area contributed by atoms with Crippen LogP contribution >= 0.6 is 0 Å². The summed E-state index contributed by atoms with van der Waals surface area (Å²) in [5.74, 6) is 0.310. The summed E-state index contributed by atoms with van der Waals surface area (Å²) < 4.78 is 12.8. The van der Waals surface area contributed by atoms with E-state index in [0.29, 0.717) is 34.1 Å². The van der Waals surface area contributed by atoms with E-state index in [0.717, 1.165) is 33.6 Å². The molecule has 0 spiro atoms. The molecule has 5 rings (SSSR count). The van der Waals surface area contributed by atoms with Crippen LogP contribution in [-0.4, -0.2) is 42.9 Å². The van der Waals surface area contributed by atoms with Crippen molar-refractivity contribution in [3.8, 4) is 39.7 Å². The van der Waals surface area contributed by atoms with Gasteiger partial charge < -0.3 is 19.7 Å². The van der Waals surface area contributed by atoms with Gasteiger partial charge >= 0.3 is 5.97 Å². The molecule has 5 aromatic rings. The molecular formula is C35H34N4O4. The Bertz CT molecular complexity index is 1770. The lowest BCUT2D eigenvalue weighted by atomic mass is 10.0. The minimum atomic E-state index is -0.454. The molecule has 0 aliphatic rings. The van der Waals surface area contributed by atoms with Crippen molar-refractivity contribution in [2.24, 2.45) is 0 Å². The van der Waals surface area contributed by atoms with Gasteiger partial charge in [-0.05, 0) is 79.6 Å². The molecule has 0 saturated heterocycles. The van der Waals surface area contributed by atoms with E-state index >= 15 is 0 Å². The van der Waals surface area contributed by atoms with Crippen molar-refractivity contribution >= 4 is 23.3 Å². The van der Waals surface area contributed by atoms with Crippen LogP contribution in [0.2, 0.25) is 0 Å². The molecule has 0 aliphatic heterocycles. The van der Waals surface area contributed by atoms with Crippen LogP contribution in [0.3, 0.4) is 0 Å². The number of amides is 1. The van der Waals surface area contributed by atoms with Crippen LogP contribution in [0.15, 0.2) is 91.0 Å². The number of anilines is 2. The van der Waals surface area contributed by atoms with Crippen LogP contribution in [0, 0.1) is 13.8 Å². The molecule has 218 valence electrons.